The fraction of sp³-hybridized carbons (Fsp3) is 0.700. The maximum Gasteiger partial charge on any atom is 0.226 e. The predicted molar refractivity (Wildman–Crippen MR) is 104 cm³/mol. The number of halogens is 2. The number of benzene rings is 1. The molecule has 1 aromatic carbocycles. The van der Waals surface area contributed by atoms with Crippen LogP contribution < -0.4 is 4.74 Å². The second-order valence-electron chi connectivity index (χ2n) is 6.16. The van der Waals surface area contributed by atoms with Gasteiger partial charge in [0.25, 0.3) is 0 Å². The molecule has 0 heterocycles. The number of unbranched alkanes of at least 4 members (excludes halogenated alkanes) is 4. The zero-order chi connectivity index (χ0) is 18.5. The van der Waals surface area contributed by atoms with E-state index in [0.717, 1.165) is 44.9 Å². The van der Waals surface area contributed by atoms with Crippen molar-refractivity contribution in [2.24, 2.45) is 0 Å². The van der Waals surface area contributed by atoms with Gasteiger partial charge in [-0.05, 0) is 37.5 Å². The zero-order valence-corrected chi connectivity index (χ0v) is 17.3. The molecule has 0 radical (unpaired) electrons. The molecule has 0 saturated carbocycles. The highest BCUT2D eigenvalue weighted by atomic mass is 79.9. The van der Waals surface area contributed by atoms with Crippen molar-refractivity contribution in [3.05, 3.63) is 28.5 Å². The summed E-state index contributed by atoms with van der Waals surface area (Å²) in [6.45, 7) is 7.61. The summed E-state index contributed by atoms with van der Waals surface area (Å²) in [5.41, 5.74) is 0. The molecular weight excluding hydrogens is 387 g/mol. The van der Waals surface area contributed by atoms with E-state index in [1.165, 1.54) is 6.07 Å². The molecule has 1 rings (SSSR count). The molecule has 3 nitrogen and oxygen atoms in total. The normalized spacial score (nSPS) is 13.6. The van der Waals surface area contributed by atoms with Crippen molar-refractivity contribution in [1.82, 2.24) is 0 Å². The summed E-state index contributed by atoms with van der Waals surface area (Å²) in [5.74, 6) is -0.211. The van der Waals surface area contributed by atoms with Crippen LogP contribution >= 0.6 is 15.9 Å². The van der Waals surface area contributed by atoms with Gasteiger partial charge in [0, 0.05) is 11.1 Å². The largest absolute Gasteiger partial charge is 0.459 e. The van der Waals surface area contributed by atoms with Crippen LogP contribution in [0.25, 0.3) is 0 Å². The molecule has 0 saturated heterocycles. The van der Waals surface area contributed by atoms with Gasteiger partial charge in [0.15, 0.2) is 11.6 Å². The van der Waals surface area contributed by atoms with E-state index in [0.29, 0.717) is 17.7 Å². The molecule has 0 N–H and O–H groups in total. The Hall–Kier alpha value is -0.650. The van der Waals surface area contributed by atoms with Gasteiger partial charge in [-0.3, -0.25) is 0 Å². The third-order valence-electron chi connectivity index (χ3n) is 3.95. The molecule has 0 bridgehead atoms. The molecule has 1 unspecified atom stereocenters. The van der Waals surface area contributed by atoms with Gasteiger partial charge in [0.2, 0.25) is 6.29 Å². The van der Waals surface area contributed by atoms with Crippen molar-refractivity contribution in [3.8, 4) is 5.75 Å². The molecule has 1 aromatic rings. The average molecular weight is 419 g/mol. The van der Waals surface area contributed by atoms with Crippen molar-refractivity contribution < 1.29 is 18.6 Å². The Kier molecular flexibility index (Phi) is 12.1. The van der Waals surface area contributed by atoms with E-state index in [4.69, 9.17) is 14.2 Å². The molecule has 0 aliphatic heterocycles. The van der Waals surface area contributed by atoms with Crippen molar-refractivity contribution in [2.75, 3.05) is 13.2 Å². The number of rotatable bonds is 14. The number of hydrogen-bond acceptors (Lipinski definition) is 3. The first-order chi connectivity index (χ1) is 12.1. The topological polar surface area (TPSA) is 27.7 Å². The Morgan fingerprint density at radius 2 is 1.60 bits per heavy atom. The summed E-state index contributed by atoms with van der Waals surface area (Å²) in [6.07, 6.45) is 6.45. The smallest absolute Gasteiger partial charge is 0.226 e. The van der Waals surface area contributed by atoms with Crippen LogP contribution in [-0.4, -0.2) is 25.6 Å². The third kappa shape index (κ3) is 9.02. The quantitative estimate of drug-likeness (QED) is 0.255. The Morgan fingerprint density at radius 1 is 0.960 bits per heavy atom. The number of hydrogen-bond donors (Lipinski definition) is 0. The van der Waals surface area contributed by atoms with Crippen LogP contribution in [0, 0.1) is 5.82 Å². The second-order valence-corrected chi connectivity index (χ2v) is 7.08. The van der Waals surface area contributed by atoms with Gasteiger partial charge in [-0.1, -0.05) is 62.4 Å². The van der Waals surface area contributed by atoms with Crippen LogP contribution in [0.3, 0.4) is 0 Å². The maximum absolute atomic E-state index is 14.1. The van der Waals surface area contributed by atoms with Crippen molar-refractivity contribution in [2.45, 2.75) is 78.1 Å². The molecule has 0 aliphatic carbocycles. The van der Waals surface area contributed by atoms with Crippen LogP contribution in [0.2, 0.25) is 0 Å². The van der Waals surface area contributed by atoms with Gasteiger partial charge in [-0.15, -0.1) is 0 Å². The molecular formula is C20H32BrFO3. The lowest BCUT2D eigenvalue weighted by Gasteiger charge is -2.27. The van der Waals surface area contributed by atoms with Crippen molar-refractivity contribution >= 4 is 15.9 Å². The third-order valence-corrected chi connectivity index (χ3v) is 4.45. The summed E-state index contributed by atoms with van der Waals surface area (Å²) in [4.78, 5) is 0. The van der Waals surface area contributed by atoms with Crippen LogP contribution in [-0.2, 0) is 9.47 Å². The molecule has 25 heavy (non-hydrogen) atoms. The highest BCUT2D eigenvalue weighted by Crippen LogP contribution is 2.24. The van der Waals surface area contributed by atoms with E-state index in [2.05, 4.69) is 29.8 Å². The van der Waals surface area contributed by atoms with Gasteiger partial charge < -0.3 is 14.2 Å². The van der Waals surface area contributed by atoms with Crippen LogP contribution in [0.4, 0.5) is 4.39 Å². The lowest BCUT2D eigenvalue weighted by molar-refractivity contribution is -0.166. The van der Waals surface area contributed by atoms with Gasteiger partial charge in [-0.25, -0.2) is 4.39 Å². The van der Waals surface area contributed by atoms with E-state index < -0.39 is 12.1 Å². The van der Waals surface area contributed by atoms with Gasteiger partial charge >= 0.3 is 0 Å². The Balaban J connectivity index is 2.71. The first-order valence-electron chi connectivity index (χ1n) is 9.47. The lowest BCUT2D eigenvalue weighted by Crippen LogP contribution is -2.37. The summed E-state index contributed by atoms with van der Waals surface area (Å²) < 4.78 is 32.5. The minimum Gasteiger partial charge on any atom is -0.459 e. The highest BCUT2D eigenvalue weighted by molar-refractivity contribution is 9.10. The summed E-state index contributed by atoms with van der Waals surface area (Å²) in [7, 11) is 0. The molecule has 5 heteroatoms. The van der Waals surface area contributed by atoms with Gasteiger partial charge in [0.1, 0.15) is 6.10 Å². The van der Waals surface area contributed by atoms with Crippen LogP contribution in [0.1, 0.15) is 65.7 Å². The first kappa shape index (κ1) is 22.4. The summed E-state index contributed by atoms with van der Waals surface area (Å²) >= 11 is 3.26. The molecule has 144 valence electrons. The number of ether oxygens (including phenoxy) is 3. The first-order valence-corrected chi connectivity index (χ1v) is 10.3. The molecule has 0 amide bonds. The minimum atomic E-state index is -0.598. The monoisotopic (exact) mass is 418 g/mol. The molecule has 0 spiro atoms. The highest BCUT2D eigenvalue weighted by Gasteiger charge is 2.24. The SMILES string of the molecule is CCCCCOC(CC)[C@@H](OCCCCC)Oc1ccc(Br)cc1F. The van der Waals surface area contributed by atoms with Gasteiger partial charge in [-0.2, -0.15) is 0 Å². The predicted octanol–water partition coefficient (Wildman–Crippen LogP) is 6.49. The average Bonchev–Trinajstić information content (AvgIpc) is 2.60. The van der Waals surface area contributed by atoms with Gasteiger partial charge in [0.05, 0.1) is 6.61 Å². The fourth-order valence-electron chi connectivity index (χ4n) is 2.44. The van der Waals surface area contributed by atoms with E-state index in [-0.39, 0.29) is 11.9 Å². The van der Waals surface area contributed by atoms with E-state index in [1.54, 1.807) is 12.1 Å². The van der Waals surface area contributed by atoms with E-state index in [1.807, 2.05) is 6.92 Å². The molecule has 2 atom stereocenters. The summed E-state index contributed by atoms with van der Waals surface area (Å²) in [6, 6.07) is 4.77. The Morgan fingerprint density at radius 3 is 2.16 bits per heavy atom. The zero-order valence-electron chi connectivity index (χ0n) is 15.7. The lowest BCUT2D eigenvalue weighted by atomic mass is 10.2. The Labute approximate surface area is 160 Å². The molecule has 0 fully saturated rings. The maximum atomic E-state index is 14.1. The van der Waals surface area contributed by atoms with E-state index in [9.17, 15) is 4.39 Å². The molecule has 0 aliphatic rings. The van der Waals surface area contributed by atoms with E-state index >= 15 is 0 Å². The fourth-order valence-corrected chi connectivity index (χ4v) is 2.77. The minimum absolute atomic E-state index is 0.194. The summed E-state index contributed by atoms with van der Waals surface area (Å²) in [5, 5.41) is 0. The van der Waals surface area contributed by atoms with Crippen molar-refractivity contribution in [1.29, 1.82) is 0 Å². The van der Waals surface area contributed by atoms with Crippen LogP contribution in [0.5, 0.6) is 5.75 Å². The second kappa shape index (κ2) is 13.5. The standard InChI is InChI=1S/C20H32BrFO3/c1-4-7-9-13-23-18(6-3)20(24-14-10-8-5-2)25-19-12-11-16(21)15-17(19)22/h11-12,15,18,20H,4-10,13-14H2,1-3H3/t18?,20-/m0/s1. The van der Waals surface area contributed by atoms with Crippen LogP contribution in [0.15, 0.2) is 22.7 Å². The Bertz CT molecular complexity index is 470. The van der Waals surface area contributed by atoms with Crippen molar-refractivity contribution in [3.63, 3.8) is 0 Å². The molecule has 0 aromatic heterocycles.